The van der Waals surface area contributed by atoms with Gasteiger partial charge in [0.05, 0.1) is 5.76 Å². The van der Waals surface area contributed by atoms with Crippen molar-refractivity contribution in [2.45, 2.75) is 65.5 Å². The lowest BCUT2D eigenvalue weighted by atomic mass is 9.87. The molecule has 0 spiro atoms. The molecule has 0 heterocycles. The summed E-state index contributed by atoms with van der Waals surface area (Å²) in [5, 5.41) is 0. The van der Waals surface area contributed by atoms with Gasteiger partial charge in [0.1, 0.15) is 0 Å². The van der Waals surface area contributed by atoms with Gasteiger partial charge >= 0.3 is 0 Å². The summed E-state index contributed by atoms with van der Waals surface area (Å²) in [4.78, 5) is 0. The number of hydrogen-bond acceptors (Lipinski definition) is 1. The molecule has 0 N–H and O–H groups in total. The zero-order chi connectivity index (χ0) is 12.0. The smallest absolute Gasteiger partial charge is 0.229 e. The third-order valence-electron chi connectivity index (χ3n) is 3.16. The lowest BCUT2D eigenvalue weighted by Gasteiger charge is -2.22. The van der Waals surface area contributed by atoms with Gasteiger partial charge < -0.3 is 4.43 Å². The summed E-state index contributed by atoms with van der Waals surface area (Å²) in [7, 11) is -0.896. The molecule has 1 atom stereocenters. The van der Waals surface area contributed by atoms with E-state index in [0.29, 0.717) is 0 Å². The molecule has 0 aromatic rings. The van der Waals surface area contributed by atoms with E-state index in [-0.39, 0.29) is 0 Å². The average Bonchev–Trinajstić information content (AvgIpc) is 2.14. The van der Waals surface area contributed by atoms with E-state index in [1.165, 1.54) is 44.3 Å². The highest BCUT2D eigenvalue weighted by atomic mass is 28.3. The molecule has 0 aromatic heterocycles. The monoisotopic (exact) mass is 240 g/mol. The molecule has 0 saturated heterocycles. The quantitative estimate of drug-likeness (QED) is 0.658. The van der Waals surface area contributed by atoms with E-state index in [9.17, 15) is 0 Å². The summed E-state index contributed by atoms with van der Waals surface area (Å²) < 4.78 is 5.98. The van der Waals surface area contributed by atoms with Crippen molar-refractivity contribution in [2.75, 3.05) is 0 Å². The van der Waals surface area contributed by atoms with Crippen LogP contribution in [-0.2, 0) is 4.43 Å². The molecule has 1 rings (SSSR count). The van der Waals surface area contributed by atoms with Crippen LogP contribution in [0, 0.1) is 11.8 Å². The minimum Gasteiger partial charge on any atom is -0.550 e. The lowest BCUT2D eigenvalue weighted by molar-refractivity contribution is 0.342. The minimum atomic E-state index is -0.896. The van der Waals surface area contributed by atoms with E-state index in [4.69, 9.17) is 4.43 Å². The molecule has 0 radical (unpaired) electrons. The Morgan fingerprint density at radius 2 is 2.12 bits per heavy atom. The molecule has 0 saturated carbocycles. The van der Waals surface area contributed by atoms with Gasteiger partial charge in [-0.2, -0.15) is 0 Å². The number of allylic oxidation sites excluding steroid dienone is 2. The maximum atomic E-state index is 5.98. The summed E-state index contributed by atoms with van der Waals surface area (Å²) in [5.74, 6) is 3.03. The molecule has 1 unspecified atom stereocenters. The molecule has 0 amide bonds. The number of rotatable bonds is 4. The Balaban J connectivity index is 2.48. The average molecular weight is 240 g/mol. The zero-order valence-corrected chi connectivity index (χ0v) is 12.6. The molecule has 2 heteroatoms. The van der Waals surface area contributed by atoms with Gasteiger partial charge in [0, 0.05) is 6.42 Å². The molecule has 0 aromatic carbocycles. The van der Waals surface area contributed by atoms with Crippen LogP contribution in [0.2, 0.25) is 13.1 Å². The van der Waals surface area contributed by atoms with E-state index in [1.807, 2.05) is 0 Å². The maximum Gasteiger partial charge on any atom is 0.229 e. The largest absolute Gasteiger partial charge is 0.550 e. The van der Waals surface area contributed by atoms with Crippen LogP contribution >= 0.6 is 0 Å². The highest BCUT2D eigenvalue weighted by Gasteiger charge is 2.13. The van der Waals surface area contributed by atoms with Crippen LogP contribution in [0.1, 0.15) is 52.4 Å². The molecular formula is C14H28OSi. The van der Waals surface area contributed by atoms with Gasteiger partial charge in [-0.05, 0) is 50.3 Å². The first kappa shape index (κ1) is 13.8. The first-order valence-electron chi connectivity index (χ1n) is 6.93. The van der Waals surface area contributed by atoms with Crippen molar-refractivity contribution in [3.8, 4) is 0 Å². The predicted octanol–water partition coefficient (Wildman–Crippen LogP) is 4.50. The van der Waals surface area contributed by atoms with Crippen LogP contribution in [0.15, 0.2) is 11.8 Å². The lowest BCUT2D eigenvalue weighted by Crippen LogP contribution is -2.11. The van der Waals surface area contributed by atoms with Gasteiger partial charge in [-0.3, -0.25) is 0 Å². The minimum absolute atomic E-state index is 0.835. The summed E-state index contributed by atoms with van der Waals surface area (Å²) in [5.41, 5.74) is 0. The van der Waals surface area contributed by atoms with Crippen molar-refractivity contribution in [1.82, 2.24) is 0 Å². The topological polar surface area (TPSA) is 9.23 Å². The summed E-state index contributed by atoms with van der Waals surface area (Å²) in [6.07, 6.45) is 10.3. The van der Waals surface area contributed by atoms with Crippen molar-refractivity contribution in [3.63, 3.8) is 0 Å². The zero-order valence-electron chi connectivity index (χ0n) is 11.5. The molecular weight excluding hydrogens is 212 g/mol. The highest BCUT2D eigenvalue weighted by molar-refractivity contribution is 6.48. The third kappa shape index (κ3) is 5.74. The molecule has 1 aliphatic carbocycles. The van der Waals surface area contributed by atoms with Gasteiger partial charge in [0.15, 0.2) is 0 Å². The molecule has 0 aliphatic heterocycles. The Bertz CT molecular complexity index is 221. The van der Waals surface area contributed by atoms with E-state index >= 15 is 0 Å². The van der Waals surface area contributed by atoms with Gasteiger partial charge in [-0.25, -0.2) is 0 Å². The van der Waals surface area contributed by atoms with Gasteiger partial charge in [0.2, 0.25) is 9.04 Å². The van der Waals surface area contributed by atoms with Crippen molar-refractivity contribution < 1.29 is 4.43 Å². The molecule has 1 aliphatic rings. The van der Waals surface area contributed by atoms with Crippen molar-refractivity contribution in [3.05, 3.63) is 11.8 Å². The Hall–Kier alpha value is -0.243. The predicted molar refractivity (Wildman–Crippen MR) is 74.1 cm³/mol. The fraction of sp³-hybridized carbons (Fsp3) is 0.857. The van der Waals surface area contributed by atoms with E-state index in [2.05, 4.69) is 33.0 Å². The van der Waals surface area contributed by atoms with Crippen LogP contribution in [0.4, 0.5) is 0 Å². The van der Waals surface area contributed by atoms with Gasteiger partial charge in [-0.1, -0.05) is 26.7 Å². The van der Waals surface area contributed by atoms with Crippen LogP contribution in [0.5, 0.6) is 0 Å². The Morgan fingerprint density at radius 3 is 2.75 bits per heavy atom. The standard InChI is InChI=1S/C14H28OSi/c1-12(2)11-13-7-5-6-8-14(10-9-13)15-16(3)4/h10,12-13,16H,5-9,11H2,1-4H3. The second-order valence-electron chi connectivity index (χ2n) is 5.81. The van der Waals surface area contributed by atoms with E-state index in [1.54, 1.807) is 0 Å². The van der Waals surface area contributed by atoms with Crippen LogP contribution in [-0.4, -0.2) is 9.04 Å². The van der Waals surface area contributed by atoms with Crippen molar-refractivity contribution in [2.24, 2.45) is 11.8 Å². The highest BCUT2D eigenvalue weighted by Crippen LogP contribution is 2.27. The summed E-state index contributed by atoms with van der Waals surface area (Å²) >= 11 is 0. The SMILES string of the molecule is CC(C)CC1CC=C(O[SiH](C)C)CCCC1. The molecule has 0 bridgehead atoms. The summed E-state index contributed by atoms with van der Waals surface area (Å²) in [6, 6.07) is 0. The van der Waals surface area contributed by atoms with Crippen molar-refractivity contribution >= 4 is 9.04 Å². The molecule has 16 heavy (non-hydrogen) atoms. The van der Waals surface area contributed by atoms with Crippen molar-refractivity contribution in [1.29, 1.82) is 0 Å². The second-order valence-corrected chi connectivity index (χ2v) is 8.15. The first-order chi connectivity index (χ1) is 7.58. The Labute approximate surface area is 103 Å². The van der Waals surface area contributed by atoms with E-state index < -0.39 is 9.04 Å². The van der Waals surface area contributed by atoms with E-state index in [0.717, 1.165) is 11.8 Å². The Morgan fingerprint density at radius 1 is 1.38 bits per heavy atom. The van der Waals surface area contributed by atoms with Crippen LogP contribution in [0.3, 0.4) is 0 Å². The van der Waals surface area contributed by atoms with Crippen LogP contribution < -0.4 is 0 Å². The third-order valence-corrected chi connectivity index (χ3v) is 3.93. The second kappa shape index (κ2) is 7.15. The van der Waals surface area contributed by atoms with Gasteiger partial charge in [-0.15, -0.1) is 0 Å². The van der Waals surface area contributed by atoms with Crippen LogP contribution in [0.25, 0.3) is 0 Å². The fourth-order valence-electron chi connectivity index (χ4n) is 2.54. The fourth-order valence-corrected chi connectivity index (χ4v) is 3.36. The first-order valence-corrected chi connectivity index (χ1v) is 9.71. The normalized spacial score (nSPS) is 22.9. The summed E-state index contributed by atoms with van der Waals surface area (Å²) in [6.45, 7) is 9.18. The Kier molecular flexibility index (Phi) is 6.18. The maximum absolute atomic E-state index is 5.98. The molecule has 0 fully saturated rings. The molecule has 94 valence electrons. The molecule has 1 nitrogen and oxygen atoms in total. The number of hydrogen-bond donors (Lipinski definition) is 0. The van der Waals surface area contributed by atoms with Gasteiger partial charge in [0.25, 0.3) is 0 Å².